The van der Waals surface area contributed by atoms with Crippen molar-refractivity contribution in [2.24, 2.45) is 5.92 Å². The van der Waals surface area contributed by atoms with Crippen LogP contribution in [0.4, 0.5) is 0 Å². The summed E-state index contributed by atoms with van der Waals surface area (Å²) in [6, 6.07) is 0. The lowest BCUT2D eigenvalue weighted by atomic mass is 10.1. The van der Waals surface area contributed by atoms with Crippen LogP contribution in [0.15, 0.2) is 0 Å². The Bertz CT molecular complexity index is 358. The number of aromatic nitrogens is 2. The fraction of sp³-hybridized carbons (Fsp3) is 0.667. The molecular weight excluding hydrogens is 202 g/mol. The molecule has 1 aliphatic rings. The Morgan fingerprint density at radius 2 is 2.12 bits per heavy atom. The second-order valence-electron chi connectivity index (χ2n) is 4.61. The first-order valence-corrected chi connectivity index (χ1v) is 5.96. The van der Waals surface area contributed by atoms with Gasteiger partial charge in [0, 0.05) is 23.7 Å². The van der Waals surface area contributed by atoms with Gasteiger partial charge in [0.05, 0.1) is 5.69 Å². The van der Waals surface area contributed by atoms with E-state index in [2.05, 4.69) is 15.5 Å². The summed E-state index contributed by atoms with van der Waals surface area (Å²) in [6.45, 7) is 4.54. The molecule has 4 heteroatoms. The van der Waals surface area contributed by atoms with Gasteiger partial charge in [-0.1, -0.05) is 12.8 Å². The first-order chi connectivity index (χ1) is 7.68. The SMILES string of the molecule is Cc1n[nH]c(C)c1CNC(=O)C1CCCC1. The van der Waals surface area contributed by atoms with Gasteiger partial charge in [-0.3, -0.25) is 9.89 Å². The van der Waals surface area contributed by atoms with E-state index in [0.29, 0.717) is 6.54 Å². The van der Waals surface area contributed by atoms with E-state index in [1.165, 1.54) is 12.8 Å². The number of H-pyrrole nitrogens is 1. The van der Waals surface area contributed by atoms with Crippen LogP contribution in [-0.2, 0) is 11.3 Å². The van der Waals surface area contributed by atoms with Gasteiger partial charge in [0.25, 0.3) is 0 Å². The molecule has 1 aromatic heterocycles. The minimum atomic E-state index is 0.206. The van der Waals surface area contributed by atoms with Crippen LogP contribution in [0, 0.1) is 19.8 Å². The lowest BCUT2D eigenvalue weighted by Crippen LogP contribution is -2.29. The maximum atomic E-state index is 11.8. The molecule has 4 nitrogen and oxygen atoms in total. The number of carbonyl (C=O) groups excluding carboxylic acids is 1. The smallest absolute Gasteiger partial charge is 0.223 e. The van der Waals surface area contributed by atoms with E-state index < -0.39 is 0 Å². The van der Waals surface area contributed by atoms with Crippen molar-refractivity contribution in [2.45, 2.75) is 46.1 Å². The van der Waals surface area contributed by atoms with Crippen LogP contribution in [0.2, 0.25) is 0 Å². The minimum absolute atomic E-state index is 0.206. The number of hydrogen-bond acceptors (Lipinski definition) is 2. The van der Waals surface area contributed by atoms with Crippen molar-refractivity contribution < 1.29 is 4.79 Å². The fourth-order valence-corrected chi connectivity index (χ4v) is 2.34. The molecule has 0 aliphatic heterocycles. The standard InChI is InChI=1S/C12H19N3O/c1-8-11(9(2)15-14-8)7-13-12(16)10-5-3-4-6-10/h10H,3-7H2,1-2H3,(H,13,16)(H,14,15). The number of nitrogens with zero attached hydrogens (tertiary/aromatic N) is 1. The molecule has 1 aliphatic carbocycles. The minimum Gasteiger partial charge on any atom is -0.352 e. The molecule has 2 rings (SSSR count). The maximum Gasteiger partial charge on any atom is 0.223 e. The highest BCUT2D eigenvalue weighted by molar-refractivity contribution is 5.78. The van der Waals surface area contributed by atoms with Crippen LogP contribution < -0.4 is 5.32 Å². The highest BCUT2D eigenvalue weighted by Gasteiger charge is 2.22. The van der Waals surface area contributed by atoms with Crippen molar-refractivity contribution in [1.82, 2.24) is 15.5 Å². The Kier molecular flexibility index (Phi) is 3.27. The van der Waals surface area contributed by atoms with Crippen molar-refractivity contribution in [3.8, 4) is 0 Å². The predicted octanol–water partition coefficient (Wildman–Crippen LogP) is 1.83. The number of hydrogen-bond donors (Lipinski definition) is 2. The molecule has 0 unspecified atom stereocenters. The molecule has 0 saturated heterocycles. The average Bonchev–Trinajstić information content (AvgIpc) is 2.87. The van der Waals surface area contributed by atoms with E-state index in [-0.39, 0.29) is 11.8 Å². The third-order valence-electron chi connectivity index (χ3n) is 3.45. The topological polar surface area (TPSA) is 57.8 Å². The Labute approximate surface area is 95.8 Å². The van der Waals surface area contributed by atoms with Crippen LogP contribution in [0.3, 0.4) is 0 Å². The van der Waals surface area contributed by atoms with Crippen LogP contribution >= 0.6 is 0 Å². The lowest BCUT2D eigenvalue weighted by molar-refractivity contribution is -0.124. The summed E-state index contributed by atoms with van der Waals surface area (Å²) < 4.78 is 0. The van der Waals surface area contributed by atoms with Crippen LogP contribution in [0.5, 0.6) is 0 Å². The lowest BCUT2D eigenvalue weighted by Gasteiger charge is -2.10. The van der Waals surface area contributed by atoms with Crippen molar-refractivity contribution in [2.75, 3.05) is 0 Å². The summed E-state index contributed by atoms with van der Waals surface area (Å²) in [4.78, 5) is 11.8. The van der Waals surface area contributed by atoms with Gasteiger partial charge >= 0.3 is 0 Å². The van der Waals surface area contributed by atoms with Crippen LogP contribution in [0.1, 0.15) is 42.6 Å². The zero-order valence-electron chi connectivity index (χ0n) is 9.97. The van der Waals surface area contributed by atoms with Crippen LogP contribution in [-0.4, -0.2) is 16.1 Å². The first-order valence-electron chi connectivity index (χ1n) is 5.96. The fourth-order valence-electron chi connectivity index (χ4n) is 2.34. The number of amides is 1. The second kappa shape index (κ2) is 4.68. The van der Waals surface area contributed by atoms with Gasteiger partial charge in [-0.25, -0.2) is 0 Å². The van der Waals surface area contributed by atoms with E-state index >= 15 is 0 Å². The molecule has 1 aromatic rings. The molecule has 1 heterocycles. The molecule has 2 N–H and O–H groups in total. The molecule has 1 fully saturated rings. The largest absolute Gasteiger partial charge is 0.352 e. The quantitative estimate of drug-likeness (QED) is 0.818. The molecule has 16 heavy (non-hydrogen) atoms. The third-order valence-corrected chi connectivity index (χ3v) is 3.45. The molecule has 0 radical (unpaired) electrons. The van der Waals surface area contributed by atoms with Gasteiger partial charge in [0.15, 0.2) is 0 Å². The summed E-state index contributed by atoms with van der Waals surface area (Å²) >= 11 is 0. The van der Waals surface area contributed by atoms with Gasteiger partial charge < -0.3 is 5.32 Å². The van der Waals surface area contributed by atoms with Crippen molar-refractivity contribution >= 4 is 5.91 Å². The second-order valence-corrected chi connectivity index (χ2v) is 4.61. The molecule has 1 saturated carbocycles. The average molecular weight is 221 g/mol. The normalized spacial score (nSPS) is 16.6. The first kappa shape index (κ1) is 11.2. The number of aryl methyl sites for hydroxylation is 2. The molecule has 0 aromatic carbocycles. The van der Waals surface area contributed by atoms with E-state index in [0.717, 1.165) is 29.8 Å². The van der Waals surface area contributed by atoms with E-state index in [9.17, 15) is 4.79 Å². The summed E-state index contributed by atoms with van der Waals surface area (Å²) in [5.41, 5.74) is 3.14. The monoisotopic (exact) mass is 221 g/mol. The molecule has 0 bridgehead atoms. The van der Waals surface area contributed by atoms with Crippen molar-refractivity contribution in [1.29, 1.82) is 0 Å². The highest BCUT2D eigenvalue weighted by Crippen LogP contribution is 2.24. The zero-order chi connectivity index (χ0) is 11.5. The Balaban J connectivity index is 1.89. The van der Waals surface area contributed by atoms with Gasteiger partial charge in [-0.15, -0.1) is 0 Å². The number of rotatable bonds is 3. The predicted molar refractivity (Wildman–Crippen MR) is 61.9 cm³/mol. The Hall–Kier alpha value is -1.32. The van der Waals surface area contributed by atoms with E-state index in [1.54, 1.807) is 0 Å². The number of nitrogens with one attached hydrogen (secondary N) is 2. The summed E-state index contributed by atoms with van der Waals surface area (Å²) in [5.74, 6) is 0.449. The zero-order valence-corrected chi connectivity index (χ0v) is 9.97. The van der Waals surface area contributed by atoms with Crippen LogP contribution in [0.25, 0.3) is 0 Å². The number of aromatic amines is 1. The summed E-state index contributed by atoms with van der Waals surface area (Å²) in [6.07, 6.45) is 4.49. The molecule has 1 amide bonds. The Morgan fingerprint density at radius 3 is 2.69 bits per heavy atom. The Morgan fingerprint density at radius 1 is 1.44 bits per heavy atom. The highest BCUT2D eigenvalue weighted by atomic mass is 16.1. The molecular formula is C12H19N3O. The van der Waals surface area contributed by atoms with Crippen molar-refractivity contribution in [3.05, 3.63) is 17.0 Å². The summed E-state index contributed by atoms with van der Waals surface area (Å²) in [5, 5.41) is 10.1. The third kappa shape index (κ3) is 2.26. The molecule has 0 spiro atoms. The molecule has 0 atom stereocenters. The van der Waals surface area contributed by atoms with Gasteiger partial charge in [0.2, 0.25) is 5.91 Å². The van der Waals surface area contributed by atoms with E-state index in [1.807, 2.05) is 13.8 Å². The van der Waals surface area contributed by atoms with Crippen molar-refractivity contribution in [3.63, 3.8) is 0 Å². The summed E-state index contributed by atoms with van der Waals surface area (Å²) in [7, 11) is 0. The van der Waals surface area contributed by atoms with Gasteiger partial charge in [-0.05, 0) is 26.7 Å². The molecule has 88 valence electrons. The maximum absolute atomic E-state index is 11.8. The number of carbonyl (C=O) groups is 1. The van der Waals surface area contributed by atoms with Gasteiger partial charge in [0.1, 0.15) is 0 Å². The van der Waals surface area contributed by atoms with Gasteiger partial charge in [-0.2, -0.15) is 5.10 Å². The van der Waals surface area contributed by atoms with E-state index in [4.69, 9.17) is 0 Å².